The number of hydrogen-bond donors (Lipinski definition) is 0. The molecule has 2 nitrogen and oxygen atoms in total. The van der Waals surface area contributed by atoms with Gasteiger partial charge in [0.25, 0.3) is 0 Å². The first-order chi connectivity index (χ1) is 7.92. The summed E-state index contributed by atoms with van der Waals surface area (Å²) in [5.74, 6) is 0.265. The molecule has 0 unspecified atom stereocenters. The van der Waals surface area contributed by atoms with Gasteiger partial charge >= 0.3 is 0 Å². The van der Waals surface area contributed by atoms with Crippen molar-refractivity contribution in [3.63, 3.8) is 0 Å². The van der Waals surface area contributed by atoms with Crippen LogP contribution >= 0.6 is 0 Å². The summed E-state index contributed by atoms with van der Waals surface area (Å²) in [5, 5.41) is 0. The van der Waals surface area contributed by atoms with Crippen LogP contribution in [0.15, 0.2) is 22.8 Å². The van der Waals surface area contributed by atoms with Crippen molar-refractivity contribution in [2.24, 2.45) is 0 Å². The highest BCUT2D eigenvalue weighted by atomic mass is 16.6. The van der Waals surface area contributed by atoms with E-state index in [0.29, 0.717) is 6.42 Å². The summed E-state index contributed by atoms with van der Waals surface area (Å²) in [6.07, 6.45) is 5.96. The average molecular weight is 234 g/mol. The molecule has 17 heavy (non-hydrogen) atoms. The Morgan fingerprint density at radius 3 is 2.82 bits per heavy atom. The molecule has 0 amide bonds. The quantitative estimate of drug-likeness (QED) is 0.364. The first-order valence-corrected chi connectivity index (χ1v) is 6.45. The molecule has 1 aliphatic heterocycles. The zero-order chi connectivity index (χ0) is 12.6. The van der Waals surface area contributed by atoms with E-state index in [1.807, 2.05) is 13.8 Å². The number of carbonyl (C=O) groups excluding carboxylic acids is 1. The molecule has 2 atom stereocenters. The van der Waals surface area contributed by atoms with Crippen LogP contribution < -0.4 is 0 Å². The van der Waals surface area contributed by atoms with Gasteiger partial charge in [0.05, 0.1) is 11.7 Å². The summed E-state index contributed by atoms with van der Waals surface area (Å²) < 4.78 is 5.71. The second-order valence-electron chi connectivity index (χ2n) is 5.79. The zero-order valence-electron chi connectivity index (χ0n) is 11.3. The van der Waals surface area contributed by atoms with Gasteiger partial charge in [-0.2, -0.15) is 0 Å². The molecule has 1 aliphatic carbocycles. The number of ether oxygens (including phenoxy) is 1. The molecule has 0 aromatic carbocycles. The molecule has 0 radical (unpaired) electrons. The molecule has 1 heterocycles. The zero-order valence-corrected chi connectivity index (χ0v) is 11.3. The van der Waals surface area contributed by atoms with Crippen LogP contribution in [0.25, 0.3) is 0 Å². The highest BCUT2D eigenvalue weighted by Gasteiger charge is 2.52. The lowest BCUT2D eigenvalue weighted by Gasteiger charge is -2.12. The molecule has 1 fully saturated rings. The predicted molar refractivity (Wildman–Crippen MR) is 68.9 cm³/mol. The molecule has 0 spiro atoms. The maximum atomic E-state index is 12.3. The van der Waals surface area contributed by atoms with E-state index in [1.165, 1.54) is 5.57 Å². The average Bonchev–Trinajstić information content (AvgIpc) is 2.85. The molecule has 0 bridgehead atoms. The van der Waals surface area contributed by atoms with Crippen LogP contribution in [0.5, 0.6) is 0 Å². The van der Waals surface area contributed by atoms with Crippen molar-refractivity contribution < 1.29 is 9.53 Å². The fraction of sp³-hybridized carbons (Fsp3) is 0.667. The fourth-order valence-corrected chi connectivity index (χ4v) is 2.57. The Balaban J connectivity index is 2.25. The third-order valence-electron chi connectivity index (χ3n) is 3.94. The van der Waals surface area contributed by atoms with Gasteiger partial charge in [-0.25, -0.2) is 0 Å². The Labute approximate surface area is 104 Å². The number of fused-ring (bicyclic) bond motifs is 1. The van der Waals surface area contributed by atoms with E-state index in [9.17, 15) is 4.79 Å². The first kappa shape index (κ1) is 12.6. The minimum atomic E-state index is -0.185. The number of ketones is 1. The number of Topliss-reactive ketones (excluding diaryl/α,β-unsaturated/α-hetero) is 1. The van der Waals surface area contributed by atoms with Crippen molar-refractivity contribution in [3.8, 4) is 0 Å². The lowest BCUT2D eigenvalue weighted by Crippen LogP contribution is -2.19. The van der Waals surface area contributed by atoms with Gasteiger partial charge in [-0.3, -0.25) is 4.79 Å². The number of hydrogen-bond acceptors (Lipinski definition) is 2. The second kappa shape index (κ2) is 4.41. The van der Waals surface area contributed by atoms with Crippen molar-refractivity contribution >= 4 is 5.78 Å². The predicted octanol–water partition coefficient (Wildman–Crippen LogP) is 3.57. The Hall–Kier alpha value is -0.890. The van der Waals surface area contributed by atoms with Gasteiger partial charge in [0, 0.05) is 6.42 Å². The van der Waals surface area contributed by atoms with Crippen molar-refractivity contribution in [3.05, 3.63) is 22.8 Å². The second-order valence-corrected chi connectivity index (χ2v) is 5.79. The highest BCUT2D eigenvalue weighted by Crippen LogP contribution is 2.44. The molecule has 2 rings (SSSR count). The lowest BCUT2D eigenvalue weighted by atomic mass is 9.89. The summed E-state index contributed by atoms with van der Waals surface area (Å²) in [5.41, 5.74) is 3.30. The number of rotatable bonds is 0. The monoisotopic (exact) mass is 234 g/mol. The molecular formula is C15H22O2. The SMILES string of the molecule is CC(C)=C1C/C=C(/C)CC[C@@H]2O[C@]2(C)CC1=O. The van der Waals surface area contributed by atoms with Crippen LogP contribution in [0.2, 0.25) is 0 Å². The molecule has 2 aliphatic rings. The summed E-state index contributed by atoms with van der Waals surface area (Å²) in [4.78, 5) is 12.3. The maximum Gasteiger partial charge on any atom is 0.162 e. The van der Waals surface area contributed by atoms with E-state index in [0.717, 1.165) is 30.4 Å². The van der Waals surface area contributed by atoms with Crippen LogP contribution in [0.1, 0.15) is 53.4 Å². The van der Waals surface area contributed by atoms with Crippen LogP contribution in [-0.2, 0) is 9.53 Å². The molecule has 0 aromatic heterocycles. The van der Waals surface area contributed by atoms with E-state index in [1.54, 1.807) is 0 Å². The minimum absolute atomic E-state index is 0.185. The molecule has 1 saturated heterocycles. The summed E-state index contributed by atoms with van der Waals surface area (Å²) in [6, 6.07) is 0. The molecule has 0 saturated carbocycles. The topological polar surface area (TPSA) is 29.6 Å². The normalized spacial score (nSPS) is 36.9. The minimum Gasteiger partial charge on any atom is -0.366 e. The molecule has 0 N–H and O–H groups in total. The number of allylic oxidation sites excluding steroid dienone is 4. The van der Waals surface area contributed by atoms with Gasteiger partial charge in [-0.15, -0.1) is 0 Å². The Bertz CT molecular complexity index is 399. The van der Waals surface area contributed by atoms with E-state index in [-0.39, 0.29) is 17.5 Å². The van der Waals surface area contributed by atoms with Crippen LogP contribution in [0, 0.1) is 0 Å². The third-order valence-corrected chi connectivity index (χ3v) is 3.94. The standard InChI is InChI=1S/C15H22O2/c1-10(2)12-7-5-11(3)6-8-14-15(4,17-14)9-13(12)16/h5,14H,6-9H2,1-4H3/b11-5-/t14-,15+/m0/s1. The van der Waals surface area contributed by atoms with Crippen molar-refractivity contribution in [1.29, 1.82) is 0 Å². The van der Waals surface area contributed by atoms with Gasteiger partial charge < -0.3 is 4.74 Å². The molecule has 0 aromatic rings. The van der Waals surface area contributed by atoms with Crippen LogP contribution in [-0.4, -0.2) is 17.5 Å². The smallest absolute Gasteiger partial charge is 0.162 e. The van der Waals surface area contributed by atoms with E-state index in [2.05, 4.69) is 19.9 Å². The van der Waals surface area contributed by atoms with Crippen molar-refractivity contribution in [2.45, 2.75) is 65.1 Å². The van der Waals surface area contributed by atoms with Gasteiger partial charge in [-0.05, 0) is 52.5 Å². The van der Waals surface area contributed by atoms with Crippen LogP contribution in [0.3, 0.4) is 0 Å². The van der Waals surface area contributed by atoms with E-state index < -0.39 is 0 Å². The Morgan fingerprint density at radius 2 is 2.18 bits per heavy atom. The molecular weight excluding hydrogens is 212 g/mol. The van der Waals surface area contributed by atoms with Gasteiger partial charge in [0.2, 0.25) is 0 Å². The van der Waals surface area contributed by atoms with Crippen molar-refractivity contribution in [2.75, 3.05) is 0 Å². The maximum absolute atomic E-state index is 12.3. The lowest BCUT2D eigenvalue weighted by molar-refractivity contribution is -0.116. The largest absolute Gasteiger partial charge is 0.366 e. The first-order valence-electron chi connectivity index (χ1n) is 6.45. The fourth-order valence-electron chi connectivity index (χ4n) is 2.57. The molecule has 2 heteroatoms. The van der Waals surface area contributed by atoms with Gasteiger partial charge in [0.15, 0.2) is 5.78 Å². The molecule has 94 valence electrons. The summed E-state index contributed by atoms with van der Waals surface area (Å²) in [7, 11) is 0. The third kappa shape index (κ3) is 2.68. The number of carbonyl (C=O) groups is 1. The Morgan fingerprint density at radius 1 is 1.47 bits per heavy atom. The summed E-state index contributed by atoms with van der Waals surface area (Å²) >= 11 is 0. The van der Waals surface area contributed by atoms with Gasteiger partial charge in [-0.1, -0.05) is 17.2 Å². The van der Waals surface area contributed by atoms with Gasteiger partial charge in [0.1, 0.15) is 0 Å². The van der Waals surface area contributed by atoms with Crippen LogP contribution in [0.4, 0.5) is 0 Å². The Kier molecular flexibility index (Phi) is 3.26. The van der Waals surface area contributed by atoms with Crippen molar-refractivity contribution in [1.82, 2.24) is 0 Å². The highest BCUT2D eigenvalue weighted by molar-refractivity contribution is 5.97. The number of epoxide rings is 1. The summed E-state index contributed by atoms with van der Waals surface area (Å²) in [6.45, 7) is 8.26. The van der Waals surface area contributed by atoms with E-state index >= 15 is 0 Å². The van der Waals surface area contributed by atoms with E-state index in [4.69, 9.17) is 4.74 Å².